The first-order chi connectivity index (χ1) is 24.0. The van der Waals surface area contributed by atoms with Crippen molar-refractivity contribution in [3.05, 3.63) is 163 Å². The maximum atomic E-state index is 5.26. The molecule has 0 spiro atoms. The molecule has 0 unspecified atom stereocenters. The second kappa shape index (κ2) is 10.4. The highest BCUT2D eigenvalue weighted by Crippen LogP contribution is 2.49. The summed E-state index contributed by atoms with van der Waals surface area (Å²) in [5.41, 5.74) is 15.6. The van der Waals surface area contributed by atoms with Gasteiger partial charge in [0.05, 0.1) is 33.5 Å². The number of benzene rings is 6. The number of aromatic nitrogens is 3. The predicted molar refractivity (Wildman–Crippen MR) is 204 cm³/mol. The van der Waals surface area contributed by atoms with Gasteiger partial charge in [0.25, 0.3) is 0 Å². The minimum absolute atomic E-state index is 0.0577. The fourth-order valence-corrected chi connectivity index (χ4v) is 7.75. The van der Waals surface area contributed by atoms with E-state index in [1.165, 1.54) is 27.8 Å². The van der Waals surface area contributed by atoms with E-state index in [0.29, 0.717) is 0 Å². The SMILES string of the molecule is CC1(C)c2ccccc2-c2ccc(-c3ccc4ccc5ccc(-c6ccc(-c7ccc8nc9ccccc9cc8c7)cc6)nc5c4n3)cc21. The average molecular weight is 626 g/mol. The molecule has 3 nitrogen and oxygen atoms in total. The number of para-hydroxylation sites is 1. The molecule has 0 fully saturated rings. The molecule has 1 aliphatic rings. The molecule has 3 aromatic heterocycles. The van der Waals surface area contributed by atoms with Crippen LogP contribution in [0, 0.1) is 0 Å². The van der Waals surface area contributed by atoms with Crippen molar-refractivity contribution in [2.75, 3.05) is 0 Å². The fraction of sp³-hybridized carbons (Fsp3) is 0.0652. The van der Waals surface area contributed by atoms with Crippen molar-refractivity contribution in [1.82, 2.24) is 15.0 Å². The Hall–Kier alpha value is -6.19. The van der Waals surface area contributed by atoms with Gasteiger partial charge in [-0.05, 0) is 75.8 Å². The van der Waals surface area contributed by atoms with E-state index in [2.05, 4.69) is 159 Å². The highest BCUT2D eigenvalue weighted by atomic mass is 14.8. The van der Waals surface area contributed by atoms with Crippen molar-refractivity contribution in [2.24, 2.45) is 0 Å². The first-order valence-electron chi connectivity index (χ1n) is 16.9. The van der Waals surface area contributed by atoms with E-state index in [1.807, 2.05) is 6.07 Å². The molecule has 6 aromatic carbocycles. The largest absolute Gasteiger partial charge is 0.248 e. The van der Waals surface area contributed by atoms with Crippen molar-refractivity contribution < 1.29 is 0 Å². The lowest BCUT2D eigenvalue weighted by Gasteiger charge is -2.21. The summed E-state index contributed by atoms with van der Waals surface area (Å²) in [6.45, 7) is 4.64. The van der Waals surface area contributed by atoms with Crippen LogP contribution in [-0.4, -0.2) is 15.0 Å². The summed E-state index contributed by atoms with van der Waals surface area (Å²) in [6, 6.07) is 54.2. The summed E-state index contributed by atoms with van der Waals surface area (Å²) in [4.78, 5) is 15.3. The third-order valence-electron chi connectivity index (χ3n) is 10.4. The average Bonchev–Trinajstić information content (AvgIpc) is 3.38. The molecule has 3 heterocycles. The van der Waals surface area contributed by atoms with Crippen LogP contribution in [0.2, 0.25) is 0 Å². The van der Waals surface area contributed by atoms with Crippen LogP contribution in [0.5, 0.6) is 0 Å². The molecule has 0 aliphatic heterocycles. The van der Waals surface area contributed by atoms with Crippen molar-refractivity contribution in [2.45, 2.75) is 19.3 Å². The Bertz CT molecular complexity index is 2790. The Labute approximate surface area is 284 Å². The van der Waals surface area contributed by atoms with E-state index in [0.717, 1.165) is 71.7 Å². The number of hydrogen-bond donors (Lipinski definition) is 0. The zero-order chi connectivity index (χ0) is 32.7. The summed E-state index contributed by atoms with van der Waals surface area (Å²) in [5, 5.41) is 4.47. The highest BCUT2D eigenvalue weighted by Gasteiger charge is 2.35. The van der Waals surface area contributed by atoms with Crippen molar-refractivity contribution in [3.63, 3.8) is 0 Å². The van der Waals surface area contributed by atoms with Crippen LogP contribution in [0.4, 0.5) is 0 Å². The molecule has 0 N–H and O–H groups in total. The monoisotopic (exact) mass is 625 g/mol. The Balaban J connectivity index is 1.01. The maximum Gasteiger partial charge on any atom is 0.0972 e. The van der Waals surface area contributed by atoms with Crippen molar-refractivity contribution in [1.29, 1.82) is 0 Å². The second-order valence-electron chi connectivity index (χ2n) is 13.7. The smallest absolute Gasteiger partial charge is 0.0972 e. The summed E-state index contributed by atoms with van der Waals surface area (Å²) < 4.78 is 0. The number of rotatable bonds is 3. The minimum Gasteiger partial charge on any atom is -0.248 e. The number of nitrogens with zero attached hydrogens (tertiary/aromatic N) is 3. The molecule has 0 radical (unpaired) electrons. The van der Waals surface area contributed by atoms with Crippen LogP contribution in [0.25, 0.3) is 88.4 Å². The Morgan fingerprint density at radius 3 is 1.76 bits per heavy atom. The maximum absolute atomic E-state index is 5.26. The lowest BCUT2D eigenvalue weighted by molar-refractivity contribution is 0.660. The zero-order valence-electron chi connectivity index (χ0n) is 27.3. The van der Waals surface area contributed by atoms with E-state index >= 15 is 0 Å². The van der Waals surface area contributed by atoms with Gasteiger partial charge in [0.1, 0.15) is 0 Å². The Morgan fingerprint density at radius 2 is 0.959 bits per heavy atom. The number of fused-ring (bicyclic) bond motifs is 8. The molecule has 0 saturated carbocycles. The van der Waals surface area contributed by atoms with E-state index in [4.69, 9.17) is 15.0 Å². The van der Waals surface area contributed by atoms with Gasteiger partial charge in [-0.1, -0.05) is 123 Å². The lowest BCUT2D eigenvalue weighted by Crippen LogP contribution is -2.14. The molecule has 1 aliphatic carbocycles. The standard InChI is InChI=1S/C46H31N3/c1-46(2)38-9-5-4-8-36(38)37-21-17-34(27-39(37)46)42-23-19-31-16-15-30-18-22-41(48-44(30)45(31)49-42)29-13-11-28(12-14-29)32-20-24-43-35(25-32)26-33-7-3-6-10-40(33)47-43/h3-27H,1-2H3. The van der Waals surface area contributed by atoms with Crippen molar-refractivity contribution in [3.8, 4) is 44.8 Å². The Kier molecular flexibility index (Phi) is 5.92. The van der Waals surface area contributed by atoms with Gasteiger partial charge < -0.3 is 0 Å². The van der Waals surface area contributed by atoms with Gasteiger partial charge in [0.15, 0.2) is 0 Å². The molecule has 49 heavy (non-hydrogen) atoms. The van der Waals surface area contributed by atoms with Crippen LogP contribution < -0.4 is 0 Å². The quantitative estimate of drug-likeness (QED) is 0.145. The van der Waals surface area contributed by atoms with Gasteiger partial charge in [-0.15, -0.1) is 0 Å². The number of pyridine rings is 3. The minimum atomic E-state index is -0.0577. The van der Waals surface area contributed by atoms with Crippen LogP contribution in [0.1, 0.15) is 25.0 Å². The predicted octanol–water partition coefficient (Wildman–Crippen LogP) is 11.8. The second-order valence-corrected chi connectivity index (χ2v) is 13.7. The van der Waals surface area contributed by atoms with Gasteiger partial charge in [-0.2, -0.15) is 0 Å². The van der Waals surface area contributed by atoms with Crippen LogP contribution in [0.15, 0.2) is 152 Å². The highest BCUT2D eigenvalue weighted by molar-refractivity contribution is 6.04. The molecule has 10 rings (SSSR count). The van der Waals surface area contributed by atoms with Gasteiger partial charge in [-0.3, -0.25) is 0 Å². The third kappa shape index (κ3) is 4.39. The van der Waals surface area contributed by atoms with Gasteiger partial charge in [0, 0.05) is 38.1 Å². The topological polar surface area (TPSA) is 38.7 Å². The number of hydrogen-bond acceptors (Lipinski definition) is 3. The van der Waals surface area contributed by atoms with Crippen LogP contribution in [-0.2, 0) is 5.41 Å². The molecule has 0 bridgehead atoms. The molecule has 230 valence electrons. The summed E-state index contributed by atoms with van der Waals surface area (Å²) in [6.07, 6.45) is 0. The van der Waals surface area contributed by atoms with Gasteiger partial charge in [0.2, 0.25) is 0 Å². The van der Waals surface area contributed by atoms with E-state index < -0.39 is 0 Å². The van der Waals surface area contributed by atoms with E-state index in [-0.39, 0.29) is 5.41 Å². The first kappa shape index (κ1) is 27.9. The van der Waals surface area contributed by atoms with E-state index in [9.17, 15) is 0 Å². The van der Waals surface area contributed by atoms with Crippen LogP contribution >= 0.6 is 0 Å². The summed E-state index contributed by atoms with van der Waals surface area (Å²) in [5.74, 6) is 0. The van der Waals surface area contributed by atoms with Crippen molar-refractivity contribution >= 4 is 43.6 Å². The molecule has 0 atom stereocenters. The fourth-order valence-electron chi connectivity index (χ4n) is 7.75. The van der Waals surface area contributed by atoms with Gasteiger partial charge >= 0.3 is 0 Å². The molecule has 0 saturated heterocycles. The lowest BCUT2D eigenvalue weighted by atomic mass is 9.82. The molecular formula is C46H31N3. The normalized spacial score (nSPS) is 13.3. The summed E-state index contributed by atoms with van der Waals surface area (Å²) >= 11 is 0. The zero-order valence-corrected chi connectivity index (χ0v) is 27.3. The van der Waals surface area contributed by atoms with E-state index in [1.54, 1.807) is 0 Å². The molecule has 9 aromatic rings. The van der Waals surface area contributed by atoms with Gasteiger partial charge in [-0.25, -0.2) is 15.0 Å². The molecular weight excluding hydrogens is 595 g/mol. The molecule has 0 amide bonds. The Morgan fingerprint density at radius 1 is 0.367 bits per heavy atom. The molecule has 3 heteroatoms. The third-order valence-corrected chi connectivity index (χ3v) is 10.4. The van der Waals surface area contributed by atoms with Crippen LogP contribution in [0.3, 0.4) is 0 Å². The summed E-state index contributed by atoms with van der Waals surface area (Å²) in [7, 11) is 0. The first-order valence-corrected chi connectivity index (χ1v) is 16.9.